The van der Waals surface area contributed by atoms with Gasteiger partial charge in [-0.15, -0.1) is 0 Å². The largest absolute Gasteiger partial charge is 0.493 e. The molecule has 2 aromatic carbocycles. The minimum Gasteiger partial charge on any atom is -0.493 e. The van der Waals surface area contributed by atoms with E-state index >= 15 is 0 Å². The first-order chi connectivity index (χ1) is 17.5. The van der Waals surface area contributed by atoms with Crippen molar-refractivity contribution >= 4 is 11.3 Å². The number of benzene rings is 2. The van der Waals surface area contributed by atoms with Crippen LogP contribution in [0, 0.1) is 11.8 Å². The molecule has 200 valence electrons. The summed E-state index contributed by atoms with van der Waals surface area (Å²) >= 11 is 0. The number of ether oxygens (including phenoxy) is 4. The van der Waals surface area contributed by atoms with Crippen molar-refractivity contribution in [2.75, 3.05) is 18.9 Å². The molecule has 1 heterocycles. The third-order valence-electron chi connectivity index (χ3n) is 7.33. The van der Waals surface area contributed by atoms with Crippen molar-refractivity contribution in [1.29, 1.82) is 0 Å². The zero-order valence-electron chi connectivity index (χ0n) is 23.4. The fourth-order valence-corrected chi connectivity index (χ4v) is 4.78. The second-order valence-corrected chi connectivity index (χ2v) is 11.4. The molecule has 0 amide bonds. The number of nitrogens with two attached hydrogens (primary N) is 1. The summed E-state index contributed by atoms with van der Waals surface area (Å²) in [5.41, 5.74) is 9.77. The standard InChI is InChI=1S/C32H43NO4/c1-8-32(7,22(4)23-10-11-23)36-25-14-12-24(13-15-25)34-16-9-17-35-30-19-29-26(18-28(30)33)27(21(2)3)20-31(5,6)37-29/h12-15,18-21,23H,4,8-11,16-17,33H2,1-3,5-7H3. The molecule has 2 N–H and O–H groups in total. The van der Waals surface area contributed by atoms with Crippen molar-refractivity contribution in [1.82, 2.24) is 0 Å². The Morgan fingerprint density at radius 2 is 1.76 bits per heavy atom. The summed E-state index contributed by atoms with van der Waals surface area (Å²) in [6.07, 6.45) is 6.27. The molecule has 0 bridgehead atoms. The molecule has 37 heavy (non-hydrogen) atoms. The van der Waals surface area contributed by atoms with Gasteiger partial charge in [0.25, 0.3) is 0 Å². The van der Waals surface area contributed by atoms with Crippen molar-refractivity contribution in [2.45, 2.75) is 78.4 Å². The fourth-order valence-electron chi connectivity index (χ4n) is 4.78. The van der Waals surface area contributed by atoms with Gasteiger partial charge in [-0.1, -0.05) is 27.4 Å². The lowest BCUT2D eigenvalue weighted by Gasteiger charge is -2.33. The Balaban J connectivity index is 1.27. The van der Waals surface area contributed by atoms with E-state index in [1.165, 1.54) is 24.0 Å². The summed E-state index contributed by atoms with van der Waals surface area (Å²) in [7, 11) is 0. The number of rotatable bonds is 12. The zero-order valence-corrected chi connectivity index (χ0v) is 23.4. The molecule has 0 radical (unpaired) electrons. The van der Waals surface area contributed by atoms with E-state index in [4.69, 9.17) is 24.7 Å². The first-order valence-corrected chi connectivity index (χ1v) is 13.6. The van der Waals surface area contributed by atoms with Crippen molar-refractivity contribution in [3.05, 3.63) is 60.2 Å². The van der Waals surface area contributed by atoms with Gasteiger partial charge in [0.1, 0.15) is 34.2 Å². The van der Waals surface area contributed by atoms with Crippen LogP contribution in [0.2, 0.25) is 0 Å². The SMILES string of the molecule is C=C(C1CC1)C(C)(CC)Oc1ccc(OCCCOc2cc3c(cc2N)C(C(C)C)=CC(C)(C)O3)cc1. The lowest BCUT2D eigenvalue weighted by atomic mass is 9.87. The molecule has 4 rings (SSSR count). The van der Waals surface area contributed by atoms with Crippen LogP contribution in [-0.4, -0.2) is 24.4 Å². The van der Waals surface area contributed by atoms with Crippen molar-refractivity contribution in [2.24, 2.45) is 11.8 Å². The highest BCUT2D eigenvalue weighted by Gasteiger charge is 2.38. The summed E-state index contributed by atoms with van der Waals surface area (Å²) in [5.74, 6) is 4.10. The molecule has 1 saturated carbocycles. The highest BCUT2D eigenvalue weighted by atomic mass is 16.5. The van der Waals surface area contributed by atoms with Crippen molar-refractivity contribution in [3.8, 4) is 23.0 Å². The molecule has 1 aliphatic heterocycles. The van der Waals surface area contributed by atoms with E-state index in [-0.39, 0.29) is 11.2 Å². The summed E-state index contributed by atoms with van der Waals surface area (Å²) in [6.45, 7) is 18.2. The Labute approximate surface area is 222 Å². The predicted molar refractivity (Wildman–Crippen MR) is 152 cm³/mol. The van der Waals surface area contributed by atoms with Gasteiger partial charge in [0.2, 0.25) is 0 Å². The summed E-state index contributed by atoms with van der Waals surface area (Å²) < 4.78 is 24.5. The Hall–Kier alpha value is -3.08. The van der Waals surface area contributed by atoms with E-state index in [1.54, 1.807) is 0 Å². The lowest BCUT2D eigenvalue weighted by Crippen LogP contribution is -2.34. The molecular formula is C32H43NO4. The Bertz CT molecular complexity index is 1140. The second kappa shape index (κ2) is 10.7. The van der Waals surface area contributed by atoms with E-state index < -0.39 is 0 Å². The van der Waals surface area contributed by atoms with Gasteiger partial charge in [-0.2, -0.15) is 0 Å². The Morgan fingerprint density at radius 3 is 2.38 bits per heavy atom. The molecule has 2 aliphatic rings. The molecule has 1 fully saturated rings. The molecule has 0 spiro atoms. The van der Waals surface area contributed by atoms with Gasteiger partial charge in [0.15, 0.2) is 0 Å². The zero-order chi connectivity index (χ0) is 26.8. The molecule has 0 saturated heterocycles. The maximum absolute atomic E-state index is 6.34. The van der Waals surface area contributed by atoms with Gasteiger partial charge in [-0.05, 0) is 99.4 Å². The van der Waals surface area contributed by atoms with Crippen LogP contribution in [0.3, 0.4) is 0 Å². The minimum absolute atomic E-state index is 0.327. The summed E-state index contributed by atoms with van der Waals surface area (Å²) in [6, 6.07) is 11.7. The third-order valence-corrected chi connectivity index (χ3v) is 7.33. The average Bonchev–Trinajstić information content (AvgIpc) is 3.69. The van der Waals surface area contributed by atoms with Crippen LogP contribution in [0.1, 0.15) is 72.8 Å². The molecule has 2 aromatic rings. The molecule has 1 atom stereocenters. The quantitative estimate of drug-likeness (QED) is 0.181. The molecule has 0 aromatic heterocycles. The average molecular weight is 506 g/mol. The third kappa shape index (κ3) is 6.44. The molecule has 1 aliphatic carbocycles. The lowest BCUT2D eigenvalue weighted by molar-refractivity contribution is 0.117. The van der Waals surface area contributed by atoms with Gasteiger partial charge >= 0.3 is 0 Å². The van der Waals surface area contributed by atoms with Crippen LogP contribution in [-0.2, 0) is 0 Å². The van der Waals surface area contributed by atoms with Crippen LogP contribution in [0.5, 0.6) is 23.0 Å². The van der Waals surface area contributed by atoms with E-state index in [2.05, 4.69) is 54.2 Å². The maximum atomic E-state index is 6.34. The molecule has 1 unspecified atom stereocenters. The monoisotopic (exact) mass is 505 g/mol. The number of hydrogen-bond donors (Lipinski definition) is 1. The molecule has 5 heteroatoms. The molecular weight excluding hydrogens is 462 g/mol. The normalized spacial score (nSPS) is 17.8. The predicted octanol–water partition coefficient (Wildman–Crippen LogP) is 7.84. The van der Waals surface area contributed by atoms with E-state index in [0.29, 0.717) is 36.5 Å². The van der Waals surface area contributed by atoms with Crippen LogP contribution in [0.25, 0.3) is 5.57 Å². The van der Waals surface area contributed by atoms with Crippen molar-refractivity contribution < 1.29 is 18.9 Å². The fraction of sp³-hybridized carbons (Fsp3) is 0.500. The van der Waals surface area contributed by atoms with E-state index in [0.717, 1.165) is 35.7 Å². The number of hydrogen-bond acceptors (Lipinski definition) is 5. The van der Waals surface area contributed by atoms with Gasteiger partial charge in [0.05, 0.1) is 18.9 Å². The smallest absolute Gasteiger partial charge is 0.145 e. The summed E-state index contributed by atoms with van der Waals surface area (Å²) in [5, 5.41) is 0. The first-order valence-electron chi connectivity index (χ1n) is 13.6. The molecule has 5 nitrogen and oxygen atoms in total. The van der Waals surface area contributed by atoms with Crippen LogP contribution in [0.15, 0.2) is 54.6 Å². The minimum atomic E-state index is -0.366. The number of allylic oxidation sites excluding steroid dienone is 1. The first kappa shape index (κ1) is 27.0. The topological polar surface area (TPSA) is 62.9 Å². The number of anilines is 1. The van der Waals surface area contributed by atoms with E-state index in [9.17, 15) is 0 Å². The highest BCUT2D eigenvalue weighted by molar-refractivity contribution is 5.78. The second-order valence-electron chi connectivity index (χ2n) is 11.4. The van der Waals surface area contributed by atoms with Gasteiger partial charge in [0, 0.05) is 18.1 Å². The van der Waals surface area contributed by atoms with Crippen LogP contribution < -0.4 is 24.7 Å². The van der Waals surface area contributed by atoms with Crippen LogP contribution in [0.4, 0.5) is 5.69 Å². The highest BCUT2D eigenvalue weighted by Crippen LogP contribution is 2.44. The van der Waals surface area contributed by atoms with E-state index in [1.807, 2.05) is 36.4 Å². The number of nitrogen functional groups attached to an aromatic ring is 1. The van der Waals surface area contributed by atoms with Crippen LogP contribution >= 0.6 is 0 Å². The Morgan fingerprint density at radius 1 is 1.11 bits per heavy atom. The van der Waals surface area contributed by atoms with Crippen molar-refractivity contribution in [3.63, 3.8) is 0 Å². The van der Waals surface area contributed by atoms with Gasteiger partial charge in [-0.3, -0.25) is 0 Å². The van der Waals surface area contributed by atoms with Gasteiger partial charge in [-0.25, -0.2) is 0 Å². The maximum Gasteiger partial charge on any atom is 0.145 e. The Kier molecular flexibility index (Phi) is 7.82. The number of fused-ring (bicyclic) bond motifs is 1. The van der Waals surface area contributed by atoms with Gasteiger partial charge < -0.3 is 24.7 Å². The summed E-state index contributed by atoms with van der Waals surface area (Å²) in [4.78, 5) is 0.